The van der Waals surface area contributed by atoms with E-state index in [1.165, 1.54) is 5.56 Å². The lowest BCUT2D eigenvalue weighted by Crippen LogP contribution is -2.19. The highest BCUT2D eigenvalue weighted by molar-refractivity contribution is 9.10. The number of halogens is 1. The van der Waals surface area contributed by atoms with Gasteiger partial charge < -0.3 is 5.32 Å². The Balaban J connectivity index is 1.81. The first-order valence-electron chi connectivity index (χ1n) is 6.92. The van der Waals surface area contributed by atoms with Crippen molar-refractivity contribution in [3.8, 4) is 0 Å². The molecular weight excluding hydrogens is 326 g/mol. The van der Waals surface area contributed by atoms with Gasteiger partial charge in [-0.25, -0.2) is 0 Å². The molecule has 3 rings (SSSR count). The van der Waals surface area contributed by atoms with E-state index in [0.717, 1.165) is 27.6 Å². The van der Waals surface area contributed by atoms with Crippen LogP contribution in [0.25, 0.3) is 10.9 Å². The number of nitrogens with zero attached hydrogens (tertiary/aromatic N) is 2. The summed E-state index contributed by atoms with van der Waals surface area (Å²) in [7, 11) is 0. The summed E-state index contributed by atoms with van der Waals surface area (Å²) < 4.78 is 1.08. The van der Waals surface area contributed by atoms with E-state index >= 15 is 0 Å². The maximum absolute atomic E-state index is 4.51. The third kappa shape index (κ3) is 3.12. The van der Waals surface area contributed by atoms with Crippen molar-refractivity contribution in [2.24, 2.45) is 0 Å². The highest BCUT2D eigenvalue weighted by atomic mass is 79.9. The predicted molar refractivity (Wildman–Crippen MR) is 88.9 cm³/mol. The number of rotatable bonds is 4. The van der Waals surface area contributed by atoms with Gasteiger partial charge >= 0.3 is 0 Å². The van der Waals surface area contributed by atoms with E-state index in [-0.39, 0.29) is 6.04 Å². The summed E-state index contributed by atoms with van der Waals surface area (Å²) in [5, 5.41) is 4.65. The summed E-state index contributed by atoms with van der Waals surface area (Å²) in [5.74, 6) is 0. The first kappa shape index (κ1) is 14.2. The van der Waals surface area contributed by atoms with E-state index in [1.807, 2.05) is 36.7 Å². The van der Waals surface area contributed by atoms with Crippen molar-refractivity contribution in [1.82, 2.24) is 15.3 Å². The second-order valence-corrected chi connectivity index (χ2v) is 5.82. The van der Waals surface area contributed by atoms with Gasteiger partial charge in [-0.05, 0) is 36.8 Å². The summed E-state index contributed by atoms with van der Waals surface area (Å²) in [6.45, 7) is 2.88. The zero-order chi connectivity index (χ0) is 14.7. The minimum atomic E-state index is 0.202. The van der Waals surface area contributed by atoms with E-state index in [4.69, 9.17) is 0 Å². The second kappa shape index (κ2) is 6.33. The van der Waals surface area contributed by atoms with Crippen LogP contribution in [0.5, 0.6) is 0 Å². The van der Waals surface area contributed by atoms with E-state index < -0.39 is 0 Å². The van der Waals surface area contributed by atoms with Gasteiger partial charge in [0, 0.05) is 34.8 Å². The van der Waals surface area contributed by atoms with Crippen LogP contribution >= 0.6 is 15.9 Å². The Labute approximate surface area is 132 Å². The molecule has 0 saturated carbocycles. The molecule has 2 aromatic heterocycles. The number of benzene rings is 1. The molecule has 1 aromatic carbocycles. The third-order valence-electron chi connectivity index (χ3n) is 3.53. The zero-order valence-electron chi connectivity index (χ0n) is 11.8. The molecule has 3 nitrogen and oxygen atoms in total. The highest BCUT2D eigenvalue weighted by Crippen LogP contribution is 2.25. The summed E-state index contributed by atoms with van der Waals surface area (Å²) in [4.78, 5) is 8.89. The van der Waals surface area contributed by atoms with Crippen LogP contribution in [-0.4, -0.2) is 9.97 Å². The molecular formula is C17H16BrN3. The zero-order valence-corrected chi connectivity index (χ0v) is 13.3. The molecule has 0 aliphatic heterocycles. The Morgan fingerprint density at radius 2 is 1.90 bits per heavy atom. The largest absolute Gasteiger partial charge is 0.305 e. The van der Waals surface area contributed by atoms with Gasteiger partial charge in [0.2, 0.25) is 0 Å². The number of fused-ring (bicyclic) bond motifs is 1. The Morgan fingerprint density at radius 3 is 2.71 bits per heavy atom. The first-order valence-corrected chi connectivity index (χ1v) is 7.71. The number of nitrogens with one attached hydrogen (secondary N) is 1. The average Bonchev–Trinajstić information content (AvgIpc) is 2.55. The van der Waals surface area contributed by atoms with Gasteiger partial charge in [0.1, 0.15) is 0 Å². The van der Waals surface area contributed by atoms with Crippen LogP contribution in [0, 0.1) is 0 Å². The van der Waals surface area contributed by atoms with Crippen molar-refractivity contribution in [1.29, 1.82) is 0 Å². The van der Waals surface area contributed by atoms with E-state index in [1.54, 1.807) is 0 Å². The Bertz CT molecular complexity index is 743. The van der Waals surface area contributed by atoms with Gasteiger partial charge in [0.15, 0.2) is 0 Å². The molecule has 1 N–H and O–H groups in total. The number of aromatic nitrogens is 2. The summed E-state index contributed by atoms with van der Waals surface area (Å²) in [5.41, 5.74) is 3.27. The normalized spacial score (nSPS) is 12.5. The van der Waals surface area contributed by atoms with E-state index in [2.05, 4.69) is 56.3 Å². The topological polar surface area (TPSA) is 37.8 Å². The van der Waals surface area contributed by atoms with E-state index in [9.17, 15) is 0 Å². The van der Waals surface area contributed by atoms with Gasteiger partial charge in [0.25, 0.3) is 0 Å². The van der Waals surface area contributed by atoms with Crippen molar-refractivity contribution < 1.29 is 0 Å². The molecule has 0 radical (unpaired) electrons. The summed E-state index contributed by atoms with van der Waals surface area (Å²) in [6, 6.07) is 14.4. The Hall–Kier alpha value is -1.78. The highest BCUT2D eigenvalue weighted by Gasteiger charge is 2.09. The molecule has 0 aliphatic carbocycles. The van der Waals surface area contributed by atoms with E-state index in [0.29, 0.717) is 0 Å². The van der Waals surface area contributed by atoms with Crippen LogP contribution in [0.4, 0.5) is 0 Å². The molecule has 0 spiro atoms. The maximum Gasteiger partial charge on any atom is 0.0758 e. The molecule has 0 amide bonds. The molecule has 0 aliphatic rings. The van der Waals surface area contributed by atoms with Gasteiger partial charge in [-0.2, -0.15) is 0 Å². The molecule has 0 unspecified atom stereocenters. The standard InChI is InChI=1S/C17H16BrN3/c1-12(16-6-2-3-9-19-16)21-11-13-7-8-15(18)14-5-4-10-20-17(13)14/h2-10,12,21H,11H2,1H3/t12-/m1/s1. The lowest BCUT2D eigenvalue weighted by atomic mass is 10.1. The Morgan fingerprint density at radius 1 is 1.05 bits per heavy atom. The minimum Gasteiger partial charge on any atom is -0.305 e. The van der Waals surface area contributed by atoms with Crippen molar-refractivity contribution in [3.63, 3.8) is 0 Å². The van der Waals surface area contributed by atoms with Gasteiger partial charge in [-0.1, -0.05) is 34.1 Å². The molecule has 4 heteroatoms. The van der Waals surface area contributed by atoms with Crippen molar-refractivity contribution in [2.45, 2.75) is 19.5 Å². The smallest absolute Gasteiger partial charge is 0.0758 e. The molecule has 21 heavy (non-hydrogen) atoms. The lowest BCUT2D eigenvalue weighted by Gasteiger charge is -2.14. The van der Waals surface area contributed by atoms with Crippen LogP contribution < -0.4 is 5.32 Å². The van der Waals surface area contributed by atoms with Crippen LogP contribution in [0.3, 0.4) is 0 Å². The SMILES string of the molecule is C[C@@H](NCc1ccc(Br)c2cccnc12)c1ccccn1. The summed E-state index contributed by atoms with van der Waals surface area (Å²) in [6.07, 6.45) is 3.66. The fourth-order valence-electron chi connectivity index (χ4n) is 2.34. The van der Waals surface area contributed by atoms with Crippen molar-refractivity contribution >= 4 is 26.8 Å². The average molecular weight is 342 g/mol. The summed E-state index contributed by atoms with van der Waals surface area (Å²) >= 11 is 3.58. The molecule has 2 heterocycles. The number of pyridine rings is 2. The number of hydrogen-bond acceptors (Lipinski definition) is 3. The van der Waals surface area contributed by atoms with Crippen LogP contribution in [0.2, 0.25) is 0 Å². The molecule has 0 fully saturated rings. The molecule has 3 aromatic rings. The fraction of sp³-hybridized carbons (Fsp3) is 0.176. The van der Waals surface area contributed by atoms with Crippen LogP contribution in [-0.2, 0) is 6.54 Å². The predicted octanol–water partition coefficient (Wildman–Crippen LogP) is 4.24. The van der Waals surface area contributed by atoms with Crippen molar-refractivity contribution in [2.75, 3.05) is 0 Å². The first-order chi connectivity index (χ1) is 10.3. The fourth-order valence-corrected chi connectivity index (χ4v) is 2.79. The van der Waals surface area contributed by atoms with Crippen LogP contribution in [0.15, 0.2) is 59.3 Å². The number of hydrogen-bond donors (Lipinski definition) is 1. The molecule has 1 atom stereocenters. The van der Waals surface area contributed by atoms with Crippen molar-refractivity contribution in [3.05, 3.63) is 70.6 Å². The third-order valence-corrected chi connectivity index (χ3v) is 4.22. The lowest BCUT2D eigenvalue weighted by molar-refractivity contribution is 0.563. The minimum absolute atomic E-state index is 0.202. The maximum atomic E-state index is 4.51. The molecule has 0 saturated heterocycles. The Kier molecular flexibility index (Phi) is 4.27. The monoisotopic (exact) mass is 341 g/mol. The van der Waals surface area contributed by atoms with Crippen LogP contribution in [0.1, 0.15) is 24.2 Å². The van der Waals surface area contributed by atoms with Gasteiger partial charge in [0.05, 0.1) is 11.2 Å². The quantitative estimate of drug-likeness (QED) is 0.771. The second-order valence-electron chi connectivity index (χ2n) is 4.96. The van der Waals surface area contributed by atoms with Gasteiger partial charge in [-0.3, -0.25) is 9.97 Å². The van der Waals surface area contributed by atoms with Gasteiger partial charge in [-0.15, -0.1) is 0 Å². The molecule has 0 bridgehead atoms. The molecule has 106 valence electrons.